The summed E-state index contributed by atoms with van der Waals surface area (Å²) in [5.41, 5.74) is 2.41. The lowest BCUT2D eigenvalue weighted by Gasteiger charge is -2.19. The van der Waals surface area contributed by atoms with Gasteiger partial charge in [0.25, 0.3) is 0 Å². The van der Waals surface area contributed by atoms with Gasteiger partial charge in [-0.1, -0.05) is 0 Å². The second kappa shape index (κ2) is 6.55. The lowest BCUT2D eigenvalue weighted by Crippen LogP contribution is -2.41. The topological polar surface area (TPSA) is 89.4 Å². The van der Waals surface area contributed by atoms with Crippen molar-refractivity contribution in [3.63, 3.8) is 0 Å². The minimum atomic E-state index is -0.0712. The van der Waals surface area contributed by atoms with Crippen LogP contribution in [0.1, 0.15) is 11.3 Å². The van der Waals surface area contributed by atoms with Crippen LogP contribution in [0.15, 0.2) is 36.9 Å². The first-order chi connectivity index (χ1) is 12.2. The first kappa shape index (κ1) is 15.6. The van der Waals surface area contributed by atoms with Crippen LogP contribution in [0.4, 0.5) is 0 Å². The molecule has 128 valence electrons. The summed E-state index contributed by atoms with van der Waals surface area (Å²) in [5, 5.41) is 16.6. The van der Waals surface area contributed by atoms with Crippen molar-refractivity contribution in [1.82, 2.24) is 24.5 Å². The van der Waals surface area contributed by atoms with E-state index in [0.29, 0.717) is 25.3 Å². The number of nitrogens with one attached hydrogen (secondary N) is 1. The van der Waals surface area contributed by atoms with Crippen LogP contribution in [0.3, 0.4) is 0 Å². The van der Waals surface area contributed by atoms with Gasteiger partial charge in [0.05, 0.1) is 49.1 Å². The third-order valence-electron chi connectivity index (χ3n) is 4.25. The van der Waals surface area contributed by atoms with Gasteiger partial charge in [0.1, 0.15) is 17.8 Å². The second-order valence-corrected chi connectivity index (χ2v) is 6.04. The Bertz CT molecular complexity index is 925. The Kier molecular flexibility index (Phi) is 4.09. The van der Waals surface area contributed by atoms with Crippen LogP contribution >= 0.6 is 0 Å². The number of hydrogen-bond donors (Lipinski definition) is 1. The molecule has 1 fully saturated rings. The van der Waals surface area contributed by atoms with Crippen LogP contribution in [-0.4, -0.2) is 44.5 Å². The standard InChI is InChI=1S/C17H18N6O2/c1-22-9-14(7-21-22)25-16-11-24-10-15(16)19-5-13-6-20-17-3-2-12(4-18)8-23(13)17/h2-3,6-9,15-16,19H,5,10-11H2,1H3/t15-,16+/m0/s1. The van der Waals surface area contributed by atoms with Crippen molar-refractivity contribution in [3.8, 4) is 11.8 Å². The molecule has 0 saturated carbocycles. The van der Waals surface area contributed by atoms with Gasteiger partial charge in [-0.3, -0.25) is 4.68 Å². The molecule has 0 aromatic carbocycles. The summed E-state index contributed by atoms with van der Waals surface area (Å²) in [5.74, 6) is 0.735. The zero-order valence-electron chi connectivity index (χ0n) is 13.8. The molecule has 0 amide bonds. The van der Waals surface area contributed by atoms with E-state index in [2.05, 4.69) is 21.5 Å². The van der Waals surface area contributed by atoms with Gasteiger partial charge in [-0.15, -0.1) is 0 Å². The highest BCUT2D eigenvalue weighted by atomic mass is 16.5. The summed E-state index contributed by atoms with van der Waals surface area (Å²) in [6.45, 7) is 1.74. The summed E-state index contributed by atoms with van der Waals surface area (Å²) >= 11 is 0. The van der Waals surface area contributed by atoms with E-state index in [4.69, 9.17) is 14.7 Å². The predicted molar refractivity (Wildman–Crippen MR) is 89.0 cm³/mol. The van der Waals surface area contributed by atoms with E-state index >= 15 is 0 Å². The number of nitrogens with zero attached hydrogens (tertiary/aromatic N) is 5. The van der Waals surface area contributed by atoms with E-state index in [0.717, 1.165) is 17.1 Å². The Morgan fingerprint density at radius 2 is 2.28 bits per heavy atom. The third-order valence-corrected chi connectivity index (χ3v) is 4.25. The summed E-state index contributed by atoms with van der Waals surface area (Å²) < 4.78 is 15.2. The lowest BCUT2D eigenvalue weighted by atomic mass is 10.2. The number of fused-ring (bicyclic) bond motifs is 1. The van der Waals surface area contributed by atoms with Crippen LogP contribution in [0.25, 0.3) is 5.65 Å². The number of hydrogen-bond acceptors (Lipinski definition) is 6. The average Bonchev–Trinajstić information content (AvgIpc) is 3.33. The van der Waals surface area contributed by atoms with Crippen molar-refractivity contribution in [2.45, 2.75) is 18.7 Å². The Balaban J connectivity index is 1.44. The van der Waals surface area contributed by atoms with Gasteiger partial charge in [0.15, 0.2) is 5.75 Å². The van der Waals surface area contributed by atoms with E-state index in [1.54, 1.807) is 23.1 Å². The molecule has 0 radical (unpaired) electrons. The van der Waals surface area contributed by atoms with E-state index in [-0.39, 0.29) is 12.1 Å². The number of nitriles is 1. The molecular weight excluding hydrogens is 320 g/mol. The maximum absolute atomic E-state index is 9.07. The largest absolute Gasteiger partial charge is 0.483 e. The highest BCUT2D eigenvalue weighted by Gasteiger charge is 2.30. The zero-order valence-corrected chi connectivity index (χ0v) is 13.8. The maximum atomic E-state index is 9.07. The summed E-state index contributed by atoms with van der Waals surface area (Å²) in [7, 11) is 1.86. The minimum Gasteiger partial charge on any atom is -0.483 e. The minimum absolute atomic E-state index is 0.0712. The highest BCUT2D eigenvalue weighted by molar-refractivity contribution is 5.44. The van der Waals surface area contributed by atoms with Crippen LogP contribution in [0, 0.1) is 11.3 Å². The molecule has 2 atom stereocenters. The SMILES string of the molecule is Cn1cc(O[C@@H]2COC[C@@H]2NCc2cnc3ccc(C#N)cn23)cn1. The monoisotopic (exact) mass is 338 g/mol. The maximum Gasteiger partial charge on any atom is 0.157 e. The molecule has 4 rings (SSSR count). The van der Waals surface area contributed by atoms with Crippen molar-refractivity contribution in [3.05, 3.63) is 48.2 Å². The molecule has 1 N–H and O–H groups in total. The normalized spacial score (nSPS) is 20.0. The third kappa shape index (κ3) is 3.20. The number of pyridine rings is 1. The molecule has 0 bridgehead atoms. The van der Waals surface area contributed by atoms with Crippen LogP contribution in [0.2, 0.25) is 0 Å². The van der Waals surface area contributed by atoms with Gasteiger partial charge in [-0.25, -0.2) is 4.98 Å². The van der Waals surface area contributed by atoms with Crippen molar-refractivity contribution in [2.75, 3.05) is 13.2 Å². The number of ether oxygens (including phenoxy) is 2. The fourth-order valence-corrected chi connectivity index (χ4v) is 2.94. The molecule has 8 nitrogen and oxygen atoms in total. The first-order valence-corrected chi connectivity index (χ1v) is 8.05. The highest BCUT2D eigenvalue weighted by Crippen LogP contribution is 2.17. The Hall–Kier alpha value is -2.89. The van der Waals surface area contributed by atoms with Crippen molar-refractivity contribution in [1.29, 1.82) is 5.26 Å². The predicted octanol–water partition coefficient (Wildman–Crippen LogP) is 0.875. The van der Waals surface area contributed by atoms with Crippen molar-refractivity contribution >= 4 is 5.65 Å². The molecule has 0 spiro atoms. The molecular formula is C17H18N6O2. The van der Waals surface area contributed by atoms with Crippen LogP contribution < -0.4 is 10.1 Å². The summed E-state index contributed by atoms with van der Waals surface area (Å²) in [6.07, 6.45) is 7.08. The lowest BCUT2D eigenvalue weighted by molar-refractivity contribution is 0.139. The fraction of sp³-hybridized carbons (Fsp3) is 0.353. The van der Waals surface area contributed by atoms with Gasteiger partial charge in [-0.2, -0.15) is 10.4 Å². The van der Waals surface area contributed by atoms with Gasteiger partial charge < -0.3 is 19.2 Å². The molecule has 25 heavy (non-hydrogen) atoms. The average molecular weight is 338 g/mol. The molecule has 3 aromatic heterocycles. The molecule has 8 heteroatoms. The van der Waals surface area contributed by atoms with E-state index < -0.39 is 0 Å². The van der Waals surface area contributed by atoms with Gasteiger partial charge >= 0.3 is 0 Å². The number of aromatic nitrogens is 4. The summed E-state index contributed by atoms with van der Waals surface area (Å²) in [4.78, 5) is 4.37. The Morgan fingerprint density at radius 3 is 3.08 bits per heavy atom. The molecule has 0 unspecified atom stereocenters. The molecule has 1 aliphatic rings. The number of rotatable bonds is 5. The van der Waals surface area contributed by atoms with E-state index in [1.165, 1.54) is 0 Å². The number of aryl methyl sites for hydroxylation is 1. The van der Waals surface area contributed by atoms with Crippen LogP contribution in [0.5, 0.6) is 5.75 Å². The Morgan fingerprint density at radius 1 is 1.36 bits per heavy atom. The van der Waals surface area contributed by atoms with Gasteiger partial charge in [-0.05, 0) is 12.1 Å². The van der Waals surface area contributed by atoms with E-state index in [9.17, 15) is 0 Å². The zero-order chi connectivity index (χ0) is 17.2. The van der Waals surface area contributed by atoms with Crippen molar-refractivity contribution < 1.29 is 9.47 Å². The second-order valence-electron chi connectivity index (χ2n) is 6.04. The molecule has 3 aromatic rings. The van der Waals surface area contributed by atoms with E-state index in [1.807, 2.05) is 29.9 Å². The quantitative estimate of drug-likeness (QED) is 0.743. The summed E-state index contributed by atoms with van der Waals surface area (Å²) in [6, 6.07) is 5.84. The first-order valence-electron chi connectivity index (χ1n) is 8.05. The molecule has 1 saturated heterocycles. The number of imidazole rings is 1. The van der Waals surface area contributed by atoms with Crippen molar-refractivity contribution in [2.24, 2.45) is 7.05 Å². The Labute approximate surface area is 144 Å². The molecule has 4 heterocycles. The van der Waals surface area contributed by atoms with Gasteiger partial charge in [0, 0.05) is 19.8 Å². The van der Waals surface area contributed by atoms with Gasteiger partial charge in [0.2, 0.25) is 0 Å². The molecule has 0 aliphatic carbocycles. The molecule has 1 aliphatic heterocycles. The fourth-order valence-electron chi connectivity index (χ4n) is 2.94. The smallest absolute Gasteiger partial charge is 0.157 e. The van der Waals surface area contributed by atoms with Crippen LogP contribution in [-0.2, 0) is 18.3 Å².